The minimum absolute atomic E-state index is 0.117. The highest BCUT2D eigenvalue weighted by Gasteiger charge is 2.20. The molecule has 0 unspecified atom stereocenters. The topological polar surface area (TPSA) is 78.3 Å². The van der Waals surface area contributed by atoms with Gasteiger partial charge in [-0.1, -0.05) is 11.6 Å². The molecule has 2 heterocycles. The van der Waals surface area contributed by atoms with E-state index >= 15 is 0 Å². The Hall–Kier alpha value is -1.76. The fourth-order valence-corrected chi connectivity index (χ4v) is 2.31. The van der Waals surface area contributed by atoms with Crippen molar-refractivity contribution in [2.45, 2.75) is 38.9 Å². The molecule has 1 atom stereocenters. The molecule has 5 nitrogen and oxygen atoms in total. The van der Waals surface area contributed by atoms with Crippen molar-refractivity contribution in [3.05, 3.63) is 41.1 Å². The average Bonchev–Trinajstić information content (AvgIpc) is 2.46. The van der Waals surface area contributed by atoms with E-state index in [1.165, 1.54) is 18.5 Å². The standard InChI is InChI=1S/C17H21ClFN3O2/c1-10(23)4-5-20-14-7-15(18)21-9-12(14)16-13(19)6-11(8-22-16)17(2,3)24/h6-10,23-24H,4-5H2,1-3H3,(H,20,21)/t10-/m1/s1. The van der Waals surface area contributed by atoms with E-state index in [0.717, 1.165) is 0 Å². The van der Waals surface area contributed by atoms with Crippen LogP contribution in [-0.2, 0) is 5.60 Å². The second kappa shape index (κ2) is 7.42. The quantitative estimate of drug-likeness (QED) is 0.694. The lowest BCUT2D eigenvalue weighted by Gasteiger charge is -2.18. The van der Waals surface area contributed by atoms with Gasteiger partial charge >= 0.3 is 0 Å². The van der Waals surface area contributed by atoms with Crippen LogP contribution in [0.2, 0.25) is 5.15 Å². The van der Waals surface area contributed by atoms with Gasteiger partial charge in [0.25, 0.3) is 0 Å². The first-order chi connectivity index (χ1) is 11.2. The second-order valence-electron chi connectivity index (χ2n) is 6.23. The lowest BCUT2D eigenvalue weighted by molar-refractivity contribution is 0.0778. The van der Waals surface area contributed by atoms with Gasteiger partial charge in [0.15, 0.2) is 0 Å². The highest BCUT2D eigenvalue weighted by Crippen LogP contribution is 2.31. The van der Waals surface area contributed by atoms with Gasteiger partial charge in [-0.3, -0.25) is 4.98 Å². The first-order valence-corrected chi connectivity index (χ1v) is 8.02. The Morgan fingerprint density at radius 2 is 2.00 bits per heavy atom. The van der Waals surface area contributed by atoms with Gasteiger partial charge in [-0.05, 0) is 39.3 Å². The summed E-state index contributed by atoms with van der Waals surface area (Å²) in [7, 11) is 0. The van der Waals surface area contributed by atoms with Gasteiger partial charge in [0.2, 0.25) is 0 Å². The number of aliphatic hydroxyl groups is 2. The maximum absolute atomic E-state index is 14.5. The van der Waals surface area contributed by atoms with Crippen LogP contribution in [0.4, 0.5) is 10.1 Å². The number of nitrogens with one attached hydrogen (secondary N) is 1. The molecule has 0 amide bonds. The predicted octanol–water partition coefficient (Wildman–Crippen LogP) is 3.35. The number of nitrogens with zero attached hydrogens (tertiary/aromatic N) is 2. The molecule has 0 radical (unpaired) electrons. The maximum Gasteiger partial charge on any atom is 0.149 e. The van der Waals surface area contributed by atoms with Gasteiger partial charge in [-0.15, -0.1) is 0 Å². The number of pyridine rings is 2. The van der Waals surface area contributed by atoms with Crippen LogP contribution in [0, 0.1) is 5.82 Å². The van der Waals surface area contributed by atoms with E-state index in [4.69, 9.17) is 11.6 Å². The largest absolute Gasteiger partial charge is 0.393 e. The van der Waals surface area contributed by atoms with Crippen molar-refractivity contribution in [2.75, 3.05) is 11.9 Å². The summed E-state index contributed by atoms with van der Waals surface area (Å²) in [6.07, 6.45) is 2.97. The van der Waals surface area contributed by atoms with E-state index in [1.54, 1.807) is 26.8 Å². The smallest absolute Gasteiger partial charge is 0.149 e. The molecule has 24 heavy (non-hydrogen) atoms. The van der Waals surface area contributed by atoms with Gasteiger partial charge in [-0.25, -0.2) is 9.37 Å². The van der Waals surface area contributed by atoms with Crippen LogP contribution in [0.25, 0.3) is 11.3 Å². The molecule has 130 valence electrons. The summed E-state index contributed by atoms with van der Waals surface area (Å²) in [6, 6.07) is 2.85. The molecule has 2 aromatic heterocycles. The van der Waals surface area contributed by atoms with Crippen LogP contribution in [0.15, 0.2) is 24.5 Å². The van der Waals surface area contributed by atoms with E-state index in [9.17, 15) is 14.6 Å². The number of aliphatic hydroxyl groups excluding tert-OH is 1. The van der Waals surface area contributed by atoms with Crippen molar-refractivity contribution in [2.24, 2.45) is 0 Å². The number of aromatic nitrogens is 2. The van der Waals surface area contributed by atoms with Crippen LogP contribution in [0.3, 0.4) is 0 Å². The van der Waals surface area contributed by atoms with Crippen molar-refractivity contribution in [3.8, 4) is 11.3 Å². The van der Waals surface area contributed by atoms with E-state index in [0.29, 0.717) is 29.8 Å². The van der Waals surface area contributed by atoms with E-state index in [1.807, 2.05) is 0 Å². The third-order valence-corrected chi connectivity index (χ3v) is 3.76. The number of halogens is 2. The van der Waals surface area contributed by atoms with Crippen molar-refractivity contribution in [3.63, 3.8) is 0 Å². The monoisotopic (exact) mass is 353 g/mol. The molecule has 0 aliphatic heterocycles. The summed E-state index contributed by atoms with van der Waals surface area (Å²) >= 11 is 5.92. The van der Waals surface area contributed by atoms with Crippen molar-refractivity contribution >= 4 is 17.3 Å². The molecular formula is C17H21ClFN3O2. The summed E-state index contributed by atoms with van der Waals surface area (Å²) in [5.74, 6) is -0.558. The summed E-state index contributed by atoms with van der Waals surface area (Å²) in [5.41, 5.74) is 0.368. The van der Waals surface area contributed by atoms with Crippen LogP contribution in [0.5, 0.6) is 0 Å². The van der Waals surface area contributed by atoms with Gasteiger partial charge in [0.05, 0.1) is 11.7 Å². The molecule has 0 spiro atoms. The Kier molecular flexibility index (Phi) is 5.74. The highest BCUT2D eigenvalue weighted by atomic mass is 35.5. The molecule has 0 saturated heterocycles. The fraction of sp³-hybridized carbons (Fsp3) is 0.412. The number of hydrogen-bond donors (Lipinski definition) is 3. The number of rotatable bonds is 6. The summed E-state index contributed by atoms with van der Waals surface area (Å²) in [6.45, 7) is 5.32. The Labute approximate surface area is 145 Å². The molecule has 2 aromatic rings. The zero-order valence-corrected chi connectivity index (χ0v) is 14.6. The Balaban J connectivity index is 2.37. The Morgan fingerprint density at radius 3 is 2.58 bits per heavy atom. The lowest BCUT2D eigenvalue weighted by Crippen LogP contribution is -2.16. The van der Waals surface area contributed by atoms with E-state index < -0.39 is 17.5 Å². The number of hydrogen-bond acceptors (Lipinski definition) is 5. The summed E-state index contributed by atoms with van der Waals surface area (Å²) in [5, 5.41) is 22.7. The molecular weight excluding hydrogens is 333 g/mol. The SMILES string of the molecule is C[C@@H](O)CCNc1cc(Cl)ncc1-c1ncc(C(C)(C)O)cc1F. The molecule has 0 aliphatic carbocycles. The lowest BCUT2D eigenvalue weighted by atomic mass is 9.99. The predicted molar refractivity (Wildman–Crippen MR) is 92.5 cm³/mol. The van der Waals surface area contributed by atoms with E-state index in [-0.39, 0.29) is 10.8 Å². The Bertz CT molecular complexity index is 717. The van der Waals surface area contributed by atoms with Crippen LogP contribution < -0.4 is 5.32 Å². The molecule has 0 fully saturated rings. The van der Waals surface area contributed by atoms with Crippen molar-refractivity contribution in [1.29, 1.82) is 0 Å². The zero-order chi connectivity index (χ0) is 17.9. The van der Waals surface area contributed by atoms with Gasteiger partial charge in [0.1, 0.15) is 16.7 Å². The molecule has 0 aromatic carbocycles. The molecule has 0 saturated carbocycles. The second-order valence-corrected chi connectivity index (χ2v) is 6.62. The van der Waals surface area contributed by atoms with Crippen LogP contribution in [-0.4, -0.2) is 32.8 Å². The molecule has 7 heteroatoms. The first-order valence-electron chi connectivity index (χ1n) is 7.64. The summed E-state index contributed by atoms with van der Waals surface area (Å²) in [4.78, 5) is 8.13. The molecule has 0 aliphatic rings. The molecule has 0 bridgehead atoms. The fourth-order valence-electron chi connectivity index (χ4n) is 2.15. The van der Waals surface area contributed by atoms with Gasteiger partial charge in [0, 0.05) is 35.8 Å². The average molecular weight is 354 g/mol. The minimum atomic E-state index is -1.18. The van der Waals surface area contributed by atoms with Crippen LogP contribution in [0.1, 0.15) is 32.8 Å². The Morgan fingerprint density at radius 1 is 1.29 bits per heavy atom. The zero-order valence-electron chi connectivity index (χ0n) is 13.8. The maximum atomic E-state index is 14.5. The summed E-state index contributed by atoms with van der Waals surface area (Å²) < 4.78 is 14.5. The normalized spacial score (nSPS) is 13.0. The molecule has 3 N–H and O–H groups in total. The van der Waals surface area contributed by atoms with Crippen molar-refractivity contribution < 1.29 is 14.6 Å². The first kappa shape index (κ1) is 18.6. The number of anilines is 1. The highest BCUT2D eigenvalue weighted by molar-refractivity contribution is 6.29. The van der Waals surface area contributed by atoms with Gasteiger partial charge < -0.3 is 15.5 Å². The van der Waals surface area contributed by atoms with Crippen molar-refractivity contribution in [1.82, 2.24) is 9.97 Å². The van der Waals surface area contributed by atoms with Crippen LogP contribution >= 0.6 is 11.6 Å². The molecule has 2 rings (SSSR count). The third-order valence-electron chi connectivity index (χ3n) is 3.55. The minimum Gasteiger partial charge on any atom is -0.393 e. The van der Waals surface area contributed by atoms with Gasteiger partial charge in [-0.2, -0.15) is 0 Å². The van der Waals surface area contributed by atoms with E-state index in [2.05, 4.69) is 15.3 Å². The third kappa shape index (κ3) is 4.63.